The Kier molecular flexibility index (Phi) is 6.98. The number of fused-ring (bicyclic) bond motifs is 2. The number of aliphatic imine (C=N–C) groups is 1. The number of nitrogens with one attached hydrogen (secondary N) is 1. The lowest BCUT2D eigenvalue weighted by atomic mass is 9.97. The van der Waals surface area contributed by atoms with Crippen LogP contribution < -0.4 is 16.1 Å². The SMILES string of the molecule is COCc1ccccc1C1=CC=CN2C1=NC(N)N2c1ccc2c(c1)CCNC(CCS(C)(=O)=O)C2. The molecule has 5 rings (SSSR count). The quantitative estimate of drug-likeness (QED) is 0.594. The van der Waals surface area contributed by atoms with E-state index in [1.54, 1.807) is 7.11 Å². The molecule has 0 bridgehead atoms. The molecule has 3 N–H and O–H groups in total. The van der Waals surface area contributed by atoms with Gasteiger partial charge in [-0.05, 0) is 72.3 Å². The standard InChI is InChI=1S/C27H33N5O3S/c1-35-18-21-6-3-4-7-24(21)25-8-5-14-31-26(25)30-27(28)32(31)23-10-9-19-16-22(12-15-36(2,33)34)29-13-11-20(19)17-23/h3-10,14,17,22,27,29H,11-13,15-16,18,28H2,1-2H3. The summed E-state index contributed by atoms with van der Waals surface area (Å²) in [5, 5.41) is 7.55. The Morgan fingerprint density at radius 3 is 2.83 bits per heavy atom. The smallest absolute Gasteiger partial charge is 0.194 e. The molecule has 0 saturated carbocycles. The Labute approximate surface area is 213 Å². The molecule has 0 amide bonds. The van der Waals surface area contributed by atoms with Crippen LogP contribution in [0.15, 0.2) is 65.8 Å². The maximum absolute atomic E-state index is 11.6. The summed E-state index contributed by atoms with van der Waals surface area (Å²) < 4.78 is 28.7. The van der Waals surface area contributed by atoms with Crippen LogP contribution in [0.5, 0.6) is 0 Å². The van der Waals surface area contributed by atoms with Gasteiger partial charge in [-0.25, -0.2) is 23.4 Å². The van der Waals surface area contributed by atoms with Gasteiger partial charge in [0, 0.05) is 31.2 Å². The van der Waals surface area contributed by atoms with E-state index in [0.29, 0.717) is 13.0 Å². The van der Waals surface area contributed by atoms with Gasteiger partial charge < -0.3 is 10.1 Å². The van der Waals surface area contributed by atoms with Crippen molar-refractivity contribution in [3.05, 3.63) is 83.1 Å². The lowest BCUT2D eigenvalue weighted by molar-refractivity contribution is 0.184. The number of anilines is 1. The molecule has 0 aromatic heterocycles. The zero-order valence-corrected chi connectivity index (χ0v) is 21.5. The predicted octanol–water partition coefficient (Wildman–Crippen LogP) is 2.61. The fraction of sp³-hybridized carbons (Fsp3) is 0.370. The summed E-state index contributed by atoms with van der Waals surface area (Å²) in [6.45, 7) is 1.33. The molecule has 2 unspecified atom stereocenters. The summed E-state index contributed by atoms with van der Waals surface area (Å²) in [7, 11) is -1.28. The van der Waals surface area contributed by atoms with Crippen LogP contribution >= 0.6 is 0 Å². The molecule has 3 heterocycles. The maximum atomic E-state index is 11.6. The van der Waals surface area contributed by atoms with Crippen LogP contribution in [0.2, 0.25) is 0 Å². The normalized spacial score (nSPS) is 21.5. The van der Waals surface area contributed by atoms with E-state index < -0.39 is 16.1 Å². The number of rotatable bonds is 7. The molecule has 2 atom stereocenters. The van der Waals surface area contributed by atoms with Crippen molar-refractivity contribution in [2.45, 2.75) is 38.2 Å². The van der Waals surface area contributed by atoms with Gasteiger partial charge in [0.25, 0.3) is 0 Å². The summed E-state index contributed by atoms with van der Waals surface area (Å²) in [6, 6.07) is 14.8. The van der Waals surface area contributed by atoms with Crippen molar-refractivity contribution in [1.82, 2.24) is 10.3 Å². The van der Waals surface area contributed by atoms with Gasteiger partial charge in [-0.1, -0.05) is 30.3 Å². The van der Waals surface area contributed by atoms with Crippen LogP contribution in [0.25, 0.3) is 5.57 Å². The van der Waals surface area contributed by atoms with Gasteiger partial charge in [0.15, 0.2) is 12.1 Å². The molecule has 0 radical (unpaired) electrons. The van der Waals surface area contributed by atoms with Gasteiger partial charge in [-0.2, -0.15) is 0 Å². The van der Waals surface area contributed by atoms with Crippen molar-refractivity contribution in [2.24, 2.45) is 10.7 Å². The first kappa shape index (κ1) is 24.7. The molecule has 0 aliphatic carbocycles. The Balaban J connectivity index is 1.39. The Morgan fingerprint density at radius 2 is 2.03 bits per heavy atom. The van der Waals surface area contributed by atoms with Crippen LogP contribution in [-0.4, -0.2) is 57.3 Å². The molecule has 3 aliphatic rings. The maximum Gasteiger partial charge on any atom is 0.194 e. The van der Waals surface area contributed by atoms with E-state index in [9.17, 15) is 8.42 Å². The summed E-state index contributed by atoms with van der Waals surface area (Å²) in [5.41, 5.74) is 13.2. The summed E-state index contributed by atoms with van der Waals surface area (Å²) in [6.07, 6.45) is 9.12. The second-order valence-electron chi connectivity index (χ2n) is 9.54. The summed E-state index contributed by atoms with van der Waals surface area (Å²) in [5.74, 6) is 1.01. The van der Waals surface area contributed by atoms with E-state index in [4.69, 9.17) is 15.5 Å². The molecule has 36 heavy (non-hydrogen) atoms. The molecule has 0 spiro atoms. The number of amidine groups is 1. The third-order valence-corrected chi connectivity index (χ3v) is 7.86. The fourth-order valence-corrected chi connectivity index (χ4v) is 5.86. The average molecular weight is 508 g/mol. The van der Waals surface area contributed by atoms with Crippen molar-refractivity contribution in [1.29, 1.82) is 0 Å². The topological polar surface area (TPSA) is 100 Å². The number of benzene rings is 2. The van der Waals surface area contributed by atoms with Crippen molar-refractivity contribution in [3.8, 4) is 0 Å². The molecule has 2 aromatic rings. The highest BCUT2D eigenvalue weighted by molar-refractivity contribution is 7.90. The Bertz CT molecular complexity index is 1330. The molecular formula is C27H33N5O3S. The summed E-state index contributed by atoms with van der Waals surface area (Å²) >= 11 is 0. The van der Waals surface area contributed by atoms with Gasteiger partial charge in [-0.15, -0.1) is 0 Å². The number of methoxy groups -OCH3 is 1. The molecule has 2 aromatic carbocycles. The third kappa shape index (κ3) is 5.10. The van der Waals surface area contributed by atoms with Gasteiger partial charge in [-0.3, -0.25) is 5.73 Å². The van der Waals surface area contributed by atoms with Crippen molar-refractivity contribution in [2.75, 3.05) is 30.7 Å². The molecule has 190 valence electrons. The van der Waals surface area contributed by atoms with E-state index in [0.717, 1.165) is 47.6 Å². The molecule has 0 saturated heterocycles. The minimum Gasteiger partial charge on any atom is -0.380 e. The second kappa shape index (κ2) is 10.2. The Morgan fingerprint density at radius 1 is 1.19 bits per heavy atom. The van der Waals surface area contributed by atoms with Crippen LogP contribution in [0, 0.1) is 0 Å². The van der Waals surface area contributed by atoms with Crippen molar-refractivity contribution >= 4 is 26.9 Å². The average Bonchev–Trinajstić information content (AvgIpc) is 3.05. The van der Waals surface area contributed by atoms with E-state index in [1.807, 2.05) is 34.4 Å². The fourth-order valence-electron chi connectivity index (χ4n) is 5.15. The number of ether oxygens (including phenoxy) is 1. The zero-order chi connectivity index (χ0) is 25.3. The number of allylic oxidation sites excluding steroid dienone is 2. The van der Waals surface area contributed by atoms with Crippen LogP contribution in [-0.2, 0) is 34.0 Å². The van der Waals surface area contributed by atoms with E-state index >= 15 is 0 Å². The first-order valence-corrected chi connectivity index (χ1v) is 14.3. The van der Waals surface area contributed by atoms with E-state index in [2.05, 4.69) is 41.7 Å². The lowest BCUT2D eigenvalue weighted by Gasteiger charge is -2.33. The summed E-state index contributed by atoms with van der Waals surface area (Å²) in [4.78, 5) is 4.83. The highest BCUT2D eigenvalue weighted by Gasteiger charge is 2.35. The number of nitrogens with zero attached hydrogens (tertiary/aromatic N) is 3. The van der Waals surface area contributed by atoms with Gasteiger partial charge in [0.1, 0.15) is 9.84 Å². The highest BCUT2D eigenvalue weighted by atomic mass is 32.2. The number of hydrogen-bond acceptors (Lipinski definition) is 8. The van der Waals surface area contributed by atoms with Crippen molar-refractivity contribution in [3.63, 3.8) is 0 Å². The molecule has 3 aliphatic heterocycles. The minimum atomic E-state index is -2.98. The third-order valence-electron chi connectivity index (χ3n) is 6.88. The number of nitrogens with two attached hydrogens (primary N) is 1. The molecule has 9 heteroatoms. The van der Waals surface area contributed by atoms with Crippen LogP contribution in [0.1, 0.15) is 28.7 Å². The highest BCUT2D eigenvalue weighted by Crippen LogP contribution is 2.34. The predicted molar refractivity (Wildman–Crippen MR) is 144 cm³/mol. The van der Waals surface area contributed by atoms with Crippen molar-refractivity contribution < 1.29 is 13.2 Å². The number of hydrazine groups is 1. The monoisotopic (exact) mass is 507 g/mol. The molecular weight excluding hydrogens is 474 g/mol. The molecule has 8 nitrogen and oxygen atoms in total. The van der Waals surface area contributed by atoms with E-state index in [-0.39, 0.29) is 11.8 Å². The molecule has 0 fully saturated rings. The minimum absolute atomic E-state index is 0.153. The zero-order valence-electron chi connectivity index (χ0n) is 20.7. The first-order chi connectivity index (χ1) is 17.3. The van der Waals surface area contributed by atoms with Crippen LogP contribution in [0.3, 0.4) is 0 Å². The number of hydrogen-bond donors (Lipinski definition) is 2. The second-order valence-corrected chi connectivity index (χ2v) is 11.8. The van der Waals surface area contributed by atoms with Gasteiger partial charge >= 0.3 is 0 Å². The lowest BCUT2D eigenvalue weighted by Crippen LogP contribution is -2.46. The number of sulfone groups is 1. The Hall–Kier alpha value is -2.98. The first-order valence-electron chi connectivity index (χ1n) is 12.2. The van der Waals surface area contributed by atoms with Crippen LogP contribution in [0.4, 0.5) is 5.69 Å². The largest absolute Gasteiger partial charge is 0.380 e. The van der Waals surface area contributed by atoms with Gasteiger partial charge in [0.2, 0.25) is 0 Å². The van der Waals surface area contributed by atoms with E-state index in [1.165, 1.54) is 17.4 Å². The van der Waals surface area contributed by atoms with Gasteiger partial charge in [0.05, 0.1) is 18.0 Å².